The molecule has 5 rings (SSSR count). The molecule has 6 nitrogen and oxygen atoms in total. The highest BCUT2D eigenvalue weighted by molar-refractivity contribution is 6.07. The van der Waals surface area contributed by atoms with Gasteiger partial charge in [-0.2, -0.15) is 0 Å². The predicted molar refractivity (Wildman–Crippen MR) is 147 cm³/mol. The standard InChI is InChI=1S/C31H33N3O3/c1-3-37-24-15-13-22(14-16-24)28-19-26(25-11-7-8-12-27(25)34-28)31(35)33-23-17-29(30(18-23)36-2)32-20-21-9-5-4-6-10-21/h4-16,19,23,29-30,32H,3,17-18,20H2,1-2H3,(H,33,35)/t23?,29-,30+/m1/s1. The van der Waals surface area contributed by atoms with E-state index in [0.717, 1.165) is 47.3 Å². The Balaban J connectivity index is 1.34. The predicted octanol–water partition coefficient (Wildman–Crippen LogP) is 5.37. The molecule has 3 atom stereocenters. The van der Waals surface area contributed by atoms with E-state index in [9.17, 15) is 4.79 Å². The fraction of sp³-hybridized carbons (Fsp3) is 0.290. The van der Waals surface area contributed by atoms with Gasteiger partial charge in [-0.25, -0.2) is 4.98 Å². The van der Waals surface area contributed by atoms with Crippen LogP contribution in [0.4, 0.5) is 0 Å². The molecule has 1 aliphatic rings. The molecule has 37 heavy (non-hydrogen) atoms. The molecule has 1 amide bonds. The van der Waals surface area contributed by atoms with E-state index in [0.29, 0.717) is 12.2 Å². The number of hydrogen-bond acceptors (Lipinski definition) is 5. The molecular formula is C31H33N3O3. The highest BCUT2D eigenvalue weighted by Crippen LogP contribution is 2.28. The number of aromatic nitrogens is 1. The molecule has 0 spiro atoms. The Morgan fingerprint density at radius 3 is 2.49 bits per heavy atom. The number of carbonyl (C=O) groups excluding carboxylic acids is 1. The summed E-state index contributed by atoms with van der Waals surface area (Å²) in [7, 11) is 1.74. The smallest absolute Gasteiger partial charge is 0.252 e. The minimum absolute atomic E-state index is 0.0200. The van der Waals surface area contributed by atoms with E-state index < -0.39 is 0 Å². The number of amides is 1. The number of nitrogens with zero attached hydrogens (tertiary/aromatic N) is 1. The zero-order valence-corrected chi connectivity index (χ0v) is 21.3. The molecule has 1 unspecified atom stereocenters. The Kier molecular flexibility index (Phi) is 7.78. The zero-order valence-electron chi connectivity index (χ0n) is 21.3. The number of rotatable bonds is 9. The zero-order chi connectivity index (χ0) is 25.6. The molecule has 0 bridgehead atoms. The van der Waals surface area contributed by atoms with Crippen molar-refractivity contribution in [2.45, 2.75) is 44.5 Å². The monoisotopic (exact) mass is 495 g/mol. The van der Waals surface area contributed by atoms with Crippen molar-refractivity contribution in [1.82, 2.24) is 15.6 Å². The molecule has 2 N–H and O–H groups in total. The Bertz CT molecular complexity index is 1340. The number of pyridine rings is 1. The fourth-order valence-electron chi connectivity index (χ4n) is 5.10. The van der Waals surface area contributed by atoms with Gasteiger partial charge in [0.15, 0.2) is 0 Å². The molecule has 0 saturated heterocycles. The lowest BCUT2D eigenvalue weighted by atomic mass is 10.0. The van der Waals surface area contributed by atoms with Crippen LogP contribution in [0.3, 0.4) is 0 Å². The average Bonchev–Trinajstić information content (AvgIpc) is 3.34. The molecule has 190 valence electrons. The second kappa shape index (κ2) is 11.5. The number of fused-ring (bicyclic) bond motifs is 1. The Labute approximate surface area is 218 Å². The highest BCUT2D eigenvalue weighted by atomic mass is 16.5. The van der Waals surface area contributed by atoms with Crippen LogP contribution >= 0.6 is 0 Å². The van der Waals surface area contributed by atoms with Gasteiger partial charge in [-0.05, 0) is 61.7 Å². The first-order chi connectivity index (χ1) is 18.1. The largest absolute Gasteiger partial charge is 0.494 e. The minimum Gasteiger partial charge on any atom is -0.494 e. The number of nitrogens with one attached hydrogen (secondary N) is 2. The van der Waals surface area contributed by atoms with Crippen molar-refractivity contribution < 1.29 is 14.3 Å². The van der Waals surface area contributed by atoms with Gasteiger partial charge in [0.25, 0.3) is 5.91 Å². The van der Waals surface area contributed by atoms with Gasteiger partial charge in [-0.3, -0.25) is 4.79 Å². The molecule has 0 aliphatic heterocycles. The van der Waals surface area contributed by atoms with Crippen LogP contribution in [0.25, 0.3) is 22.2 Å². The van der Waals surface area contributed by atoms with E-state index in [1.54, 1.807) is 7.11 Å². The summed E-state index contributed by atoms with van der Waals surface area (Å²) in [6.07, 6.45) is 1.62. The van der Waals surface area contributed by atoms with Crippen LogP contribution in [0.15, 0.2) is 84.9 Å². The van der Waals surface area contributed by atoms with E-state index in [2.05, 4.69) is 22.8 Å². The van der Waals surface area contributed by atoms with Gasteiger partial charge >= 0.3 is 0 Å². The van der Waals surface area contributed by atoms with E-state index in [4.69, 9.17) is 14.5 Å². The number of benzene rings is 3. The third-order valence-corrected chi connectivity index (χ3v) is 6.98. The number of ether oxygens (including phenoxy) is 2. The lowest BCUT2D eigenvalue weighted by Crippen LogP contribution is -2.37. The van der Waals surface area contributed by atoms with Crippen LogP contribution in [0.5, 0.6) is 5.75 Å². The molecule has 1 fully saturated rings. The molecular weight excluding hydrogens is 462 g/mol. The molecule has 0 radical (unpaired) electrons. The number of methoxy groups -OCH3 is 1. The quantitative estimate of drug-likeness (QED) is 0.327. The van der Waals surface area contributed by atoms with E-state index >= 15 is 0 Å². The van der Waals surface area contributed by atoms with Crippen molar-refractivity contribution in [2.75, 3.05) is 13.7 Å². The first kappa shape index (κ1) is 24.9. The summed E-state index contributed by atoms with van der Waals surface area (Å²) >= 11 is 0. The summed E-state index contributed by atoms with van der Waals surface area (Å²) < 4.78 is 11.3. The van der Waals surface area contributed by atoms with E-state index in [1.807, 2.05) is 79.7 Å². The normalized spacial score (nSPS) is 19.1. The molecule has 6 heteroatoms. The lowest BCUT2D eigenvalue weighted by Gasteiger charge is -2.19. The molecule has 3 aromatic carbocycles. The van der Waals surface area contributed by atoms with Gasteiger partial charge in [0.1, 0.15) is 5.75 Å². The van der Waals surface area contributed by atoms with Crippen molar-refractivity contribution in [3.05, 3.63) is 96.1 Å². The maximum atomic E-state index is 13.6. The molecule has 1 saturated carbocycles. The van der Waals surface area contributed by atoms with Crippen LogP contribution in [-0.4, -0.2) is 42.8 Å². The average molecular weight is 496 g/mol. The van der Waals surface area contributed by atoms with E-state index in [-0.39, 0.29) is 24.1 Å². The second-order valence-electron chi connectivity index (χ2n) is 9.42. The maximum Gasteiger partial charge on any atom is 0.252 e. The third-order valence-electron chi connectivity index (χ3n) is 6.98. The summed E-state index contributed by atoms with van der Waals surface area (Å²) in [4.78, 5) is 18.4. The summed E-state index contributed by atoms with van der Waals surface area (Å²) in [6, 6.07) is 28.0. The highest BCUT2D eigenvalue weighted by Gasteiger charge is 2.35. The Morgan fingerprint density at radius 2 is 1.73 bits per heavy atom. The van der Waals surface area contributed by atoms with Crippen LogP contribution in [0, 0.1) is 0 Å². The van der Waals surface area contributed by atoms with Crippen LogP contribution in [-0.2, 0) is 11.3 Å². The third kappa shape index (κ3) is 5.82. The van der Waals surface area contributed by atoms with Crippen molar-refractivity contribution in [3.63, 3.8) is 0 Å². The van der Waals surface area contributed by atoms with Gasteiger partial charge in [-0.15, -0.1) is 0 Å². The van der Waals surface area contributed by atoms with Gasteiger partial charge in [0, 0.05) is 36.7 Å². The number of hydrogen-bond donors (Lipinski definition) is 2. The summed E-state index contributed by atoms with van der Waals surface area (Å²) in [5, 5.41) is 7.74. The molecule has 1 aromatic heterocycles. The van der Waals surface area contributed by atoms with Gasteiger partial charge in [0.2, 0.25) is 0 Å². The van der Waals surface area contributed by atoms with E-state index in [1.165, 1.54) is 5.56 Å². The van der Waals surface area contributed by atoms with Crippen LogP contribution in [0.1, 0.15) is 35.7 Å². The topological polar surface area (TPSA) is 72.5 Å². The van der Waals surface area contributed by atoms with Crippen molar-refractivity contribution >= 4 is 16.8 Å². The number of para-hydroxylation sites is 1. The van der Waals surface area contributed by atoms with Crippen LogP contribution < -0.4 is 15.4 Å². The summed E-state index contributed by atoms with van der Waals surface area (Å²) in [5.41, 5.74) is 4.35. The summed E-state index contributed by atoms with van der Waals surface area (Å²) in [6.45, 7) is 3.35. The molecule has 1 aliphatic carbocycles. The lowest BCUT2D eigenvalue weighted by molar-refractivity contribution is 0.0820. The molecule has 4 aromatic rings. The fourth-order valence-corrected chi connectivity index (χ4v) is 5.10. The SMILES string of the molecule is CCOc1ccc(-c2cc(C(=O)NC3C[C@H](OC)[C@H](NCc4ccccc4)C3)c3ccccc3n2)cc1. The Morgan fingerprint density at radius 1 is 0.973 bits per heavy atom. The van der Waals surface area contributed by atoms with Crippen molar-refractivity contribution in [1.29, 1.82) is 0 Å². The number of carbonyl (C=O) groups is 1. The van der Waals surface area contributed by atoms with Gasteiger partial charge in [-0.1, -0.05) is 48.5 Å². The first-order valence-electron chi connectivity index (χ1n) is 12.9. The van der Waals surface area contributed by atoms with Gasteiger partial charge < -0.3 is 20.1 Å². The second-order valence-corrected chi connectivity index (χ2v) is 9.42. The van der Waals surface area contributed by atoms with Gasteiger partial charge in [0.05, 0.1) is 29.5 Å². The summed E-state index contributed by atoms with van der Waals surface area (Å²) in [5.74, 6) is 0.726. The minimum atomic E-state index is -0.0886. The maximum absolute atomic E-state index is 13.6. The van der Waals surface area contributed by atoms with Crippen molar-refractivity contribution in [2.24, 2.45) is 0 Å². The van der Waals surface area contributed by atoms with Crippen LogP contribution in [0.2, 0.25) is 0 Å². The molecule has 1 heterocycles. The first-order valence-corrected chi connectivity index (χ1v) is 12.9. The Hall–Kier alpha value is -3.74. The van der Waals surface area contributed by atoms with Crippen molar-refractivity contribution in [3.8, 4) is 17.0 Å².